The fraction of sp³-hybridized carbons (Fsp3) is 0.400. The van der Waals surface area contributed by atoms with Gasteiger partial charge in [0.2, 0.25) is 5.91 Å². The predicted octanol–water partition coefficient (Wildman–Crippen LogP) is 3.88. The van der Waals surface area contributed by atoms with Crippen molar-refractivity contribution in [1.29, 1.82) is 0 Å². The van der Waals surface area contributed by atoms with E-state index in [1.54, 1.807) is 17.7 Å². The zero-order chi connectivity index (χ0) is 19.2. The van der Waals surface area contributed by atoms with Gasteiger partial charge in [-0.1, -0.05) is 66.3 Å². The van der Waals surface area contributed by atoms with Gasteiger partial charge >= 0.3 is 0 Å². The average molecular weight is 414 g/mol. The Kier molecular flexibility index (Phi) is 6.38. The summed E-state index contributed by atoms with van der Waals surface area (Å²) in [5.74, 6) is 0.327. The van der Waals surface area contributed by atoms with Gasteiger partial charge in [0.1, 0.15) is 16.1 Å². The Morgan fingerprint density at radius 1 is 1.11 bits per heavy atom. The molecule has 1 fully saturated rings. The molecule has 0 spiro atoms. The van der Waals surface area contributed by atoms with E-state index in [2.05, 4.69) is 20.2 Å². The number of fused-ring (bicyclic) bond motifs is 1. The minimum absolute atomic E-state index is 0.00197. The summed E-state index contributed by atoms with van der Waals surface area (Å²) in [5.41, 5.74) is 1.82. The third-order valence-corrected chi connectivity index (χ3v) is 6.93. The molecule has 2 aromatic heterocycles. The van der Waals surface area contributed by atoms with E-state index in [1.807, 2.05) is 30.3 Å². The van der Waals surface area contributed by atoms with Crippen molar-refractivity contribution >= 4 is 44.5 Å². The number of rotatable bonds is 6. The second kappa shape index (κ2) is 9.34. The lowest BCUT2D eigenvalue weighted by Crippen LogP contribution is -2.24. The molecule has 3 heterocycles. The van der Waals surface area contributed by atoms with Crippen LogP contribution in [0.4, 0.5) is 5.13 Å². The van der Waals surface area contributed by atoms with Crippen molar-refractivity contribution in [2.45, 2.75) is 37.3 Å². The first-order valence-electron chi connectivity index (χ1n) is 9.59. The highest BCUT2D eigenvalue weighted by molar-refractivity contribution is 8.00. The fourth-order valence-electron chi connectivity index (χ4n) is 3.20. The lowest BCUT2D eigenvalue weighted by atomic mass is 10.2. The Balaban J connectivity index is 1.40. The van der Waals surface area contributed by atoms with E-state index in [0.717, 1.165) is 39.2 Å². The molecule has 1 N–H and O–H groups in total. The van der Waals surface area contributed by atoms with Crippen LogP contribution >= 0.6 is 23.1 Å². The van der Waals surface area contributed by atoms with Crippen molar-refractivity contribution in [1.82, 2.24) is 20.3 Å². The van der Waals surface area contributed by atoms with Gasteiger partial charge in [0.25, 0.3) is 0 Å². The first-order valence-corrected chi connectivity index (χ1v) is 11.4. The molecule has 1 aliphatic heterocycles. The molecule has 6 nitrogen and oxygen atoms in total. The third kappa shape index (κ3) is 4.80. The Morgan fingerprint density at radius 3 is 2.68 bits per heavy atom. The summed E-state index contributed by atoms with van der Waals surface area (Å²) in [6.07, 6.45) is 6.55. The van der Waals surface area contributed by atoms with Gasteiger partial charge in [0.05, 0.1) is 5.75 Å². The summed E-state index contributed by atoms with van der Waals surface area (Å²) >= 11 is 3.08. The minimum atomic E-state index is -0.00197. The van der Waals surface area contributed by atoms with Crippen LogP contribution in [0.15, 0.2) is 41.7 Å². The largest absolute Gasteiger partial charge is 0.351 e. The van der Waals surface area contributed by atoms with Gasteiger partial charge in [0, 0.05) is 19.6 Å². The van der Waals surface area contributed by atoms with Crippen LogP contribution in [0, 0.1) is 0 Å². The molecule has 0 bridgehead atoms. The number of hydrogen-bond acceptors (Lipinski definition) is 7. The lowest BCUT2D eigenvalue weighted by molar-refractivity contribution is -0.118. The molecule has 3 aromatic rings. The normalized spacial score (nSPS) is 14.8. The number of thioether (sulfide) groups is 1. The highest BCUT2D eigenvalue weighted by atomic mass is 32.2. The molecular formula is C20H23N5OS2. The van der Waals surface area contributed by atoms with E-state index in [0.29, 0.717) is 12.3 Å². The maximum Gasteiger partial charge on any atom is 0.230 e. The standard InChI is InChI=1S/C20H23N5OS2/c26-16(21-12-15-8-4-3-5-9-15)13-27-19-17-18(22-14-23-19)24-20(28-17)25-10-6-1-2-7-11-25/h3-5,8-9,14H,1-2,6-7,10-13H2,(H,21,26). The van der Waals surface area contributed by atoms with Crippen LogP contribution in [0.25, 0.3) is 10.3 Å². The van der Waals surface area contributed by atoms with Gasteiger partial charge in [-0.15, -0.1) is 0 Å². The van der Waals surface area contributed by atoms with Crippen LogP contribution in [0.3, 0.4) is 0 Å². The summed E-state index contributed by atoms with van der Waals surface area (Å²) < 4.78 is 0.975. The summed E-state index contributed by atoms with van der Waals surface area (Å²) in [6.45, 7) is 2.65. The van der Waals surface area contributed by atoms with Crippen molar-refractivity contribution in [2.24, 2.45) is 0 Å². The number of hydrogen-bond donors (Lipinski definition) is 1. The average Bonchev–Trinajstić information content (AvgIpc) is 2.98. The van der Waals surface area contributed by atoms with E-state index < -0.39 is 0 Å². The van der Waals surface area contributed by atoms with Crippen LogP contribution in [-0.2, 0) is 11.3 Å². The first kappa shape index (κ1) is 19.1. The molecule has 1 amide bonds. The number of benzene rings is 1. The Bertz CT molecular complexity index is 923. The molecule has 0 aliphatic carbocycles. The van der Waals surface area contributed by atoms with Crippen molar-refractivity contribution in [2.75, 3.05) is 23.7 Å². The monoisotopic (exact) mass is 413 g/mol. The van der Waals surface area contributed by atoms with Crippen LogP contribution < -0.4 is 10.2 Å². The highest BCUT2D eigenvalue weighted by Crippen LogP contribution is 2.34. The molecule has 4 rings (SSSR count). The second-order valence-corrected chi connectivity index (χ2v) is 8.72. The molecule has 0 unspecified atom stereocenters. The van der Waals surface area contributed by atoms with E-state index in [1.165, 1.54) is 37.4 Å². The topological polar surface area (TPSA) is 71.0 Å². The number of thiazole rings is 1. The molecule has 0 radical (unpaired) electrons. The zero-order valence-corrected chi connectivity index (χ0v) is 17.3. The van der Waals surface area contributed by atoms with Gasteiger partial charge < -0.3 is 10.2 Å². The van der Waals surface area contributed by atoms with Gasteiger partial charge in [0.15, 0.2) is 10.8 Å². The van der Waals surface area contributed by atoms with Gasteiger partial charge in [-0.3, -0.25) is 4.79 Å². The number of carbonyl (C=O) groups is 1. The summed E-state index contributed by atoms with van der Waals surface area (Å²) in [5, 5.41) is 4.81. The lowest BCUT2D eigenvalue weighted by Gasteiger charge is -2.18. The van der Waals surface area contributed by atoms with Crippen LogP contribution in [0.1, 0.15) is 31.2 Å². The first-order chi connectivity index (χ1) is 13.8. The van der Waals surface area contributed by atoms with Gasteiger partial charge in [-0.2, -0.15) is 4.98 Å². The number of nitrogens with zero attached hydrogens (tertiary/aromatic N) is 4. The fourth-order valence-corrected chi connectivity index (χ4v) is 5.18. The maximum absolute atomic E-state index is 12.2. The summed E-state index contributed by atoms with van der Waals surface area (Å²) in [7, 11) is 0. The zero-order valence-electron chi connectivity index (χ0n) is 15.6. The summed E-state index contributed by atoms with van der Waals surface area (Å²) in [6, 6.07) is 9.92. The van der Waals surface area contributed by atoms with E-state index in [9.17, 15) is 4.79 Å². The SMILES string of the molecule is O=C(CSc1ncnc2nc(N3CCCCCC3)sc12)NCc1ccccc1. The van der Waals surface area contributed by atoms with Crippen molar-refractivity contribution in [3.05, 3.63) is 42.2 Å². The molecule has 0 atom stereocenters. The van der Waals surface area contributed by atoms with Crippen molar-refractivity contribution in [3.63, 3.8) is 0 Å². The van der Waals surface area contributed by atoms with Gasteiger partial charge in [-0.05, 0) is 18.4 Å². The molecule has 28 heavy (non-hydrogen) atoms. The summed E-state index contributed by atoms with van der Waals surface area (Å²) in [4.78, 5) is 28.0. The minimum Gasteiger partial charge on any atom is -0.351 e. The number of anilines is 1. The molecule has 8 heteroatoms. The Hall–Kier alpha value is -2.19. The van der Waals surface area contributed by atoms with Gasteiger partial charge in [-0.25, -0.2) is 9.97 Å². The third-order valence-electron chi connectivity index (χ3n) is 4.70. The number of amides is 1. The predicted molar refractivity (Wildman–Crippen MR) is 115 cm³/mol. The Labute approximate surface area is 172 Å². The van der Waals surface area contributed by atoms with E-state index in [-0.39, 0.29) is 5.91 Å². The number of carbonyl (C=O) groups excluding carboxylic acids is 1. The van der Waals surface area contributed by atoms with Crippen molar-refractivity contribution < 1.29 is 4.79 Å². The van der Waals surface area contributed by atoms with E-state index in [4.69, 9.17) is 4.98 Å². The number of aromatic nitrogens is 3. The maximum atomic E-state index is 12.2. The second-order valence-electron chi connectivity index (χ2n) is 6.78. The number of nitrogens with one attached hydrogen (secondary N) is 1. The van der Waals surface area contributed by atoms with Crippen LogP contribution in [-0.4, -0.2) is 39.7 Å². The smallest absolute Gasteiger partial charge is 0.230 e. The molecular weight excluding hydrogens is 390 g/mol. The molecule has 1 saturated heterocycles. The van der Waals surface area contributed by atoms with Crippen LogP contribution in [0.2, 0.25) is 0 Å². The molecule has 1 aliphatic rings. The van der Waals surface area contributed by atoms with Crippen LogP contribution in [0.5, 0.6) is 0 Å². The van der Waals surface area contributed by atoms with E-state index >= 15 is 0 Å². The quantitative estimate of drug-likeness (QED) is 0.489. The molecule has 146 valence electrons. The highest BCUT2D eigenvalue weighted by Gasteiger charge is 2.17. The van der Waals surface area contributed by atoms with Crippen molar-refractivity contribution in [3.8, 4) is 0 Å². The molecule has 1 aromatic carbocycles. The Morgan fingerprint density at radius 2 is 1.89 bits per heavy atom. The molecule has 0 saturated carbocycles.